The Bertz CT molecular complexity index is 123. The second-order valence-corrected chi connectivity index (χ2v) is 2.25. The average Bonchev–Trinajstić information content (AvgIpc) is 2.11. The van der Waals surface area contributed by atoms with Gasteiger partial charge in [0.05, 0.1) is 12.7 Å². The van der Waals surface area contributed by atoms with Gasteiger partial charge in [-0.05, 0) is 0 Å². The maximum atomic E-state index is 11.7. The van der Waals surface area contributed by atoms with Gasteiger partial charge in [0.1, 0.15) is 0 Å². The number of rotatable bonds is 0. The lowest BCUT2D eigenvalue weighted by Gasteiger charge is -2.12. The van der Waals surface area contributed by atoms with Crippen LogP contribution in [0.15, 0.2) is 0 Å². The van der Waals surface area contributed by atoms with Crippen molar-refractivity contribution >= 4 is 0 Å². The van der Waals surface area contributed by atoms with Crippen LogP contribution in [-0.2, 0) is 4.74 Å². The van der Waals surface area contributed by atoms with Gasteiger partial charge in [0.2, 0.25) is 0 Å². The van der Waals surface area contributed by atoms with E-state index in [1.165, 1.54) is 0 Å². The summed E-state index contributed by atoms with van der Waals surface area (Å²) in [5.41, 5.74) is 0. The van der Waals surface area contributed by atoms with Crippen molar-refractivity contribution in [3.8, 4) is 0 Å². The first-order chi connectivity index (χ1) is 4.50. The van der Waals surface area contributed by atoms with E-state index in [9.17, 15) is 13.2 Å². The highest BCUT2D eigenvalue weighted by molar-refractivity contribution is 4.77. The third-order valence-electron chi connectivity index (χ3n) is 1.34. The normalized spacial score (nSPS) is 34.8. The van der Waals surface area contributed by atoms with Crippen molar-refractivity contribution in [2.24, 2.45) is 0 Å². The minimum absolute atomic E-state index is 0.204. The number of halogens is 3. The summed E-state index contributed by atoms with van der Waals surface area (Å²) in [6.45, 7) is -0.204. The number of hydrogen-bond donors (Lipinski definition) is 1. The fraction of sp³-hybridized carbons (Fsp3) is 1.00. The zero-order chi connectivity index (χ0) is 7.78. The molecule has 0 aromatic carbocycles. The van der Waals surface area contributed by atoms with Gasteiger partial charge in [0, 0.05) is 6.42 Å². The van der Waals surface area contributed by atoms with E-state index < -0.39 is 18.4 Å². The molecule has 0 bridgehead atoms. The van der Waals surface area contributed by atoms with E-state index >= 15 is 0 Å². The summed E-state index contributed by atoms with van der Waals surface area (Å²) in [4.78, 5) is 0. The van der Waals surface area contributed by atoms with Gasteiger partial charge in [-0.3, -0.25) is 0 Å². The van der Waals surface area contributed by atoms with Crippen LogP contribution in [0.1, 0.15) is 6.42 Å². The van der Waals surface area contributed by atoms with Crippen LogP contribution in [0, 0.1) is 0 Å². The Morgan fingerprint density at radius 1 is 1.40 bits per heavy atom. The Morgan fingerprint density at radius 2 is 2.00 bits per heavy atom. The molecule has 0 spiro atoms. The first-order valence-electron chi connectivity index (χ1n) is 2.86. The SMILES string of the molecule is OC1COC(C(F)(F)F)C1. The molecule has 0 aromatic heterocycles. The molecule has 5 heteroatoms. The fourth-order valence-electron chi connectivity index (χ4n) is 0.839. The molecule has 1 N–H and O–H groups in total. The van der Waals surface area contributed by atoms with E-state index in [4.69, 9.17) is 5.11 Å². The topological polar surface area (TPSA) is 29.5 Å². The number of ether oxygens (including phenoxy) is 1. The molecule has 2 atom stereocenters. The van der Waals surface area contributed by atoms with Gasteiger partial charge in [-0.2, -0.15) is 13.2 Å². The lowest BCUT2D eigenvalue weighted by molar-refractivity contribution is -0.206. The monoisotopic (exact) mass is 156 g/mol. The first kappa shape index (κ1) is 7.81. The minimum atomic E-state index is -4.32. The number of hydrogen-bond acceptors (Lipinski definition) is 2. The van der Waals surface area contributed by atoms with Crippen LogP contribution in [0.4, 0.5) is 13.2 Å². The van der Waals surface area contributed by atoms with Gasteiger partial charge in [-0.1, -0.05) is 0 Å². The third kappa shape index (κ3) is 1.60. The second kappa shape index (κ2) is 2.39. The number of aliphatic hydroxyl groups excluding tert-OH is 1. The molecule has 0 amide bonds. The van der Waals surface area contributed by atoms with E-state index in [2.05, 4.69) is 4.74 Å². The van der Waals surface area contributed by atoms with Crippen molar-refractivity contribution in [3.05, 3.63) is 0 Å². The van der Waals surface area contributed by atoms with Gasteiger partial charge in [0.25, 0.3) is 0 Å². The Morgan fingerprint density at radius 3 is 2.20 bits per heavy atom. The van der Waals surface area contributed by atoms with Crippen LogP contribution < -0.4 is 0 Å². The van der Waals surface area contributed by atoms with Crippen LogP contribution >= 0.6 is 0 Å². The summed E-state index contributed by atoms with van der Waals surface area (Å²) in [6.07, 6.45) is -7.37. The molecular weight excluding hydrogens is 149 g/mol. The van der Waals surface area contributed by atoms with Crippen molar-refractivity contribution in [2.45, 2.75) is 24.8 Å². The van der Waals surface area contributed by atoms with E-state index in [0.717, 1.165) is 0 Å². The van der Waals surface area contributed by atoms with E-state index in [-0.39, 0.29) is 13.0 Å². The molecule has 1 aliphatic rings. The Kier molecular flexibility index (Phi) is 1.87. The van der Waals surface area contributed by atoms with Gasteiger partial charge < -0.3 is 9.84 Å². The Labute approximate surface area is 55.6 Å². The zero-order valence-corrected chi connectivity index (χ0v) is 5.06. The smallest absolute Gasteiger partial charge is 0.391 e. The molecule has 60 valence electrons. The lowest BCUT2D eigenvalue weighted by Crippen LogP contribution is -2.27. The molecule has 1 saturated heterocycles. The Hall–Kier alpha value is -0.290. The molecular formula is C5H7F3O2. The van der Waals surface area contributed by atoms with Crippen molar-refractivity contribution in [2.75, 3.05) is 6.61 Å². The van der Waals surface area contributed by atoms with E-state index in [1.807, 2.05) is 0 Å². The van der Waals surface area contributed by atoms with Crippen LogP contribution in [0.5, 0.6) is 0 Å². The van der Waals surface area contributed by atoms with Crippen molar-refractivity contribution < 1.29 is 23.0 Å². The average molecular weight is 156 g/mol. The predicted molar refractivity (Wildman–Crippen MR) is 26.4 cm³/mol. The standard InChI is InChI=1S/C5H7F3O2/c6-5(7,8)4-1-3(9)2-10-4/h3-4,9H,1-2H2. The molecule has 0 radical (unpaired) electrons. The van der Waals surface area contributed by atoms with Crippen LogP contribution in [0.25, 0.3) is 0 Å². The minimum Gasteiger partial charge on any atom is -0.391 e. The van der Waals surface area contributed by atoms with Crippen molar-refractivity contribution in [3.63, 3.8) is 0 Å². The van der Waals surface area contributed by atoms with Gasteiger partial charge in [0.15, 0.2) is 6.10 Å². The van der Waals surface area contributed by atoms with Gasteiger partial charge in [-0.15, -0.1) is 0 Å². The molecule has 0 saturated carbocycles. The molecule has 1 aliphatic heterocycles. The summed E-state index contributed by atoms with van der Waals surface area (Å²) in [6, 6.07) is 0. The lowest BCUT2D eigenvalue weighted by atomic mass is 10.2. The quantitative estimate of drug-likeness (QED) is 0.559. The van der Waals surface area contributed by atoms with Crippen molar-refractivity contribution in [1.82, 2.24) is 0 Å². The summed E-state index contributed by atoms with van der Waals surface area (Å²) >= 11 is 0. The van der Waals surface area contributed by atoms with Crippen LogP contribution in [-0.4, -0.2) is 30.1 Å². The number of aliphatic hydroxyl groups is 1. The first-order valence-corrected chi connectivity index (χ1v) is 2.86. The molecule has 1 fully saturated rings. The summed E-state index contributed by atoms with van der Waals surface area (Å²) in [7, 11) is 0. The van der Waals surface area contributed by atoms with Gasteiger partial charge >= 0.3 is 6.18 Å². The predicted octanol–water partition coefficient (Wildman–Crippen LogP) is 0.698. The maximum Gasteiger partial charge on any atom is 0.414 e. The molecule has 10 heavy (non-hydrogen) atoms. The van der Waals surface area contributed by atoms with Crippen LogP contribution in [0.3, 0.4) is 0 Å². The van der Waals surface area contributed by atoms with Crippen LogP contribution in [0.2, 0.25) is 0 Å². The molecule has 2 unspecified atom stereocenters. The molecule has 1 rings (SSSR count). The summed E-state index contributed by atoms with van der Waals surface area (Å²) in [5, 5.41) is 8.64. The van der Waals surface area contributed by atoms with Crippen molar-refractivity contribution in [1.29, 1.82) is 0 Å². The highest BCUT2D eigenvalue weighted by Crippen LogP contribution is 2.29. The third-order valence-corrected chi connectivity index (χ3v) is 1.34. The second-order valence-electron chi connectivity index (χ2n) is 2.25. The Balaban J connectivity index is 2.45. The summed E-state index contributed by atoms with van der Waals surface area (Å²) in [5.74, 6) is 0. The van der Waals surface area contributed by atoms with Gasteiger partial charge in [-0.25, -0.2) is 0 Å². The zero-order valence-electron chi connectivity index (χ0n) is 5.06. The highest BCUT2D eigenvalue weighted by Gasteiger charge is 2.45. The fourth-order valence-corrected chi connectivity index (χ4v) is 0.839. The molecule has 1 heterocycles. The summed E-state index contributed by atoms with van der Waals surface area (Å²) < 4.78 is 39.3. The maximum absolute atomic E-state index is 11.7. The number of alkyl halides is 3. The van der Waals surface area contributed by atoms with E-state index in [0.29, 0.717) is 0 Å². The highest BCUT2D eigenvalue weighted by atomic mass is 19.4. The molecule has 0 aromatic rings. The molecule has 2 nitrogen and oxygen atoms in total. The van der Waals surface area contributed by atoms with E-state index in [1.54, 1.807) is 0 Å². The molecule has 0 aliphatic carbocycles. The largest absolute Gasteiger partial charge is 0.414 e.